The summed E-state index contributed by atoms with van der Waals surface area (Å²) >= 11 is 11.9. The molecule has 0 fully saturated rings. The fourth-order valence-electron chi connectivity index (χ4n) is 1.44. The molecule has 0 spiro atoms. The molecule has 2 amide bonds. The molecule has 6 nitrogen and oxygen atoms in total. The highest BCUT2D eigenvalue weighted by atomic mass is 35.5. The summed E-state index contributed by atoms with van der Waals surface area (Å²) in [7, 11) is 0. The number of carbonyl (C=O) groups excluding carboxylic acids is 1. The average Bonchev–Trinajstić information content (AvgIpc) is 2.68. The highest BCUT2D eigenvalue weighted by Crippen LogP contribution is 2.35. The Hall–Kier alpha value is -1.92. The third kappa shape index (κ3) is 3.30. The molecule has 1 aromatic rings. The van der Waals surface area contributed by atoms with Crippen LogP contribution in [0.1, 0.15) is 5.56 Å². The lowest BCUT2D eigenvalue weighted by Gasteiger charge is -2.10. The molecule has 0 bridgehead atoms. The van der Waals surface area contributed by atoms with Gasteiger partial charge in [0.25, 0.3) is 0 Å². The van der Waals surface area contributed by atoms with Crippen molar-refractivity contribution in [2.24, 2.45) is 0 Å². The Balaban J connectivity index is 2.22. The Kier molecular flexibility index (Phi) is 3.82. The van der Waals surface area contributed by atoms with Crippen LogP contribution in [0.4, 0.5) is 4.79 Å². The lowest BCUT2D eigenvalue weighted by atomic mass is 10.1. The van der Waals surface area contributed by atoms with Crippen LogP contribution >= 0.6 is 23.2 Å². The molecule has 1 radical (unpaired) electrons. The predicted octanol–water partition coefficient (Wildman–Crippen LogP) is 2.13. The van der Waals surface area contributed by atoms with Crippen LogP contribution in [0, 0.1) is 0 Å². The molecule has 19 heavy (non-hydrogen) atoms. The summed E-state index contributed by atoms with van der Waals surface area (Å²) < 4.78 is 5.29. The highest BCUT2D eigenvalue weighted by molar-refractivity contribution is 6.37. The van der Waals surface area contributed by atoms with Gasteiger partial charge in [0.2, 0.25) is 5.88 Å². The fourth-order valence-corrected chi connectivity index (χ4v) is 2.04. The first-order valence-corrected chi connectivity index (χ1v) is 5.81. The summed E-state index contributed by atoms with van der Waals surface area (Å²) in [6.45, 7) is 0. The molecule has 8 heteroatoms. The van der Waals surface area contributed by atoms with Crippen molar-refractivity contribution in [3.05, 3.63) is 39.8 Å². The van der Waals surface area contributed by atoms with Crippen molar-refractivity contribution >= 4 is 35.2 Å². The van der Waals surface area contributed by atoms with Crippen LogP contribution in [0.2, 0.25) is 10.0 Å². The van der Waals surface area contributed by atoms with Gasteiger partial charge in [0.1, 0.15) is 0 Å². The third-order valence-corrected chi connectivity index (χ3v) is 2.72. The highest BCUT2D eigenvalue weighted by Gasteiger charge is 2.18. The normalized spacial score (nSPS) is 13.6. The van der Waals surface area contributed by atoms with E-state index in [1.165, 1.54) is 18.3 Å². The molecule has 1 heterocycles. The maximum absolute atomic E-state index is 10.8. The van der Waals surface area contributed by atoms with Gasteiger partial charge in [-0.05, 0) is 17.7 Å². The zero-order valence-electron chi connectivity index (χ0n) is 9.31. The van der Waals surface area contributed by atoms with Gasteiger partial charge >= 0.3 is 12.0 Å². The van der Waals surface area contributed by atoms with Gasteiger partial charge in [-0.15, -0.1) is 0 Å². The van der Waals surface area contributed by atoms with Gasteiger partial charge in [0.05, 0.1) is 22.7 Å². The molecule has 1 aromatic carbocycles. The molecule has 99 valence electrons. The maximum atomic E-state index is 10.8. The smallest absolute Gasteiger partial charge is 0.347 e. The van der Waals surface area contributed by atoms with E-state index in [0.29, 0.717) is 5.56 Å². The number of halogens is 2. The molecule has 0 aromatic heterocycles. The van der Waals surface area contributed by atoms with Crippen molar-refractivity contribution in [3.63, 3.8) is 0 Å². The number of aliphatic carboxylic acids is 1. The summed E-state index contributed by atoms with van der Waals surface area (Å²) in [5, 5.41) is 14.7. The summed E-state index contributed by atoms with van der Waals surface area (Å²) in [4.78, 5) is 21.5. The number of urea groups is 1. The number of benzene rings is 1. The number of ether oxygens (including phenoxy) is 1. The average molecular weight is 302 g/mol. The quantitative estimate of drug-likeness (QED) is 0.891. The molecule has 0 atom stereocenters. The van der Waals surface area contributed by atoms with Gasteiger partial charge in [-0.3, -0.25) is 10.1 Å². The molecular weight excluding hydrogens is 295 g/mol. The van der Waals surface area contributed by atoms with E-state index < -0.39 is 12.0 Å². The van der Waals surface area contributed by atoms with Crippen molar-refractivity contribution in [2.45, 2.75) is 6.42 Å². The van der Waals surface area contributed by atoms with E-state index in [1.54, 1.807) is 0 Å². The third-order valence-electron chi connectivity index (χ3n) is 2.15. The van der Waals surface area contributed by atoms with E-state index in [1.807, 2.05) is 0 Å². The maximum Gasteiger partial charge on any atom is 0.347 e. The van der Waals surface area contributed by atoms with E-state index in [2.05, 4.69) is 10.6 Å². The molecular formula is C11H7Cl2N2O4. The summed E-state index contributed by atoms with van der Waals surface area (Å²) in [6.07, 6.45) is 0.995. The monoisotopic (exact) mass is 301 g/mol. The van der Waals surface area contributed by atoms with Crippen molar-refractivity contribution < 1.29 is 19.4 Å². The van der Waals surface area contributed by atoms with Crippen molar-refractivity contribution in [2.75, 3.05) is 0 Å². The minimum absolute atomic E-state index is 0.0970. The lowest BCUT2D eigenvalue weighted by molar-refractivity contribution is -0.136. The predicted molar refractivity (Wildman–Crippen MR) is 67.2 cm³/mol. The molecule has 2 rings (SSSR count). The van der Waals surface area contributed by atoms with E-state index in [9.17, 15) is 9.59 Å². The second kappa shape index (κ2) is 5.38. The Morgan fingerprint density at radius 1 is 1.37 bits per heavy atom. The zero-order chi connectivity index (χ0) is 14.0. The molecule has 0 unspecified atom stereocenters. The molecule has 0 saturated carbocycles. The topological polar surface area (TPSA) is 89.7 Å². The van der Waals surface area contributed by atoms with Crippen LogP contribution in [-0.2, 0) is 11.2 Å². The number of hydrogen-bond acceptors (Lipinski definition) is 3. The van der Waals surface area contributed by atoms with Gasteiger partial charge < -0.3 is 9.84 Å². The van der Waals surface area contributed by atoms with Crippen LogP contribution in [-0.4, -0.2) is 17.1 Å². The van der Waals surface area contributed by atoms with Crippen LogP contribution in [0.3, 0.4) is 0 Å². The first-order chi connectivity index (χ1) is 8.95. The van der Waals surface area contributed by atoms with Crippen LogP contribution in [0.5, 0.6) is 5.75 Å². The van der Waals surface area contributed by atoms with E-state index >= 15 is 0 Å². The fraction of sp³-hybridized carbons (Fsp3) is 0.0909. The van der Waals surface area contributed by atoms with E-state index in [-0.39, 0.29) is 28.1 Å². The second-order valence-electron chi connectivity index (χ2n) is 3.61. The minimum Gasteiger partial charge on any atom is -0.481 e. The molecule has 1 aliphatic heterocycles. The number of nitrogens with zero attached hydrogens (tertiary/aromatic N) is 1. The lowest BCUT2D eigenvalue weighted by Crippen LogP contribution is -2.21. The number of carbonyl (C=O) groups is 2. The van der Waals surface area contributed by atoms with Crippen LogP contribution in [0.25, 0.3) is 0 Å². The Bertz CT molecular complexity index is 563. The second-order valence-corrected chi connectivity index (χ2v) is 4.43. The number of rotatable bonds is 4. The van der Waals surface area contributed by atoms with Crippen LogP contribution in [0.15, 0.2) is 24.2 Å². The first kappa shape index (κ1) is 13.5. The summed E-state index contributed by atoms with van der Waals surface area (Å²) in [5.74, 6) is -0.772. The molecule has 2 N–H and O–H groups in total. The number of carboxylic acid groups (broad SMARTS) is 1. The number of carboxylic acids is 1. The zero-order valence-corrected chi connectivity index (χ0v) is 10.8. The number of nitrogens with one attached hydrogen (secondary N) is 1. The van der Waals surface area contributed by atoms with Crippen molar-refractivity contribution in [1.29, 1.82) is 0 Å². The van der Waals surface area contributed by atoms with Crippen molar-refractivity contribution in [3.8, 4) is 5.75 Å². The minimum atomic E-state index is -0.995. The van der Waals surface area contributed by atoms with Crippen LogP contribution < -0.4 is 15.4 Å². The van der Waals surface area contributed by atoms with Crippen molar-refractivity contribution in [1.82, 2.24) is 10.6 Å². The number of amides is 2. The Morgan fingerprint density at radius 2 is 2.00 bits per heavy atom. The van der Waals surface area contributed by atoms with Gasteiger partial charge in [0.15, 0.2) is 5.75 Å². The number of hydrogen-bond donors (Lipinski definition) is 2. The van der Waals surface area contributed by atoms with Gasteiger partial charge in [-0.1, -0.05) is 23.2 Å². The first-order valence-electron chi connectivity index (χ1n) is 5.05. The largest absolute Gasteiger partial charge is 0.481 e. The Labute approximate surface area is 117 Å². The Morgan fingerprint density at radius 3 is 2.47 bits per heavy atom. The van der Waals surface area contributed by atoms with Gasteiger partial charge in [0, 0.05) is 0 Å². The van der Waals surface area contributed by atoms with Gasteiger partial charge in [-0.25, -0.2) is 4.79 Å². The standard InChI is InChI=1S/C11H7Cl2N2O4/c12-6-1-5(3-9(16)17)2-7(13)10(6)19-8-4-14-11(18)15-8/h1-2,4H,3H2,(H,15,18)(H,16,17). The van der Waals surface area contributed by atoms with E-state index in [4.69, 9.17) is 33.0 Å². The SMILES string of the molecule is O=C(O)Cc1cc(Cl)c(OC2=C[N]C(=O)N2)c(Cl)c1. The molecule has 1 aliphatic rings. The van der Waals surface area contributed by atoms with Gasteiger partial charge in [-0.2, -0.15) is 5.32 Å². The molecule has 0 aliphatic carbocycles. The molecule has 0 saturated heterocycles. The summed E-state index contributed by atoms with van der Waals surface area (Å²) in [6, 6.07) is 2.32. The summed E-state index contributed by atoms with van der Waals surface area (Å²) in [5.41, 5.74) is 0.448. The van der Waals surface area contributed by atoms with E-state index in [0.717, 1.165) is 0 Å².